The van der Waals surface area contributed by atoms with Crippen molar-refractivity contribution in [2.75, 3.05) is 24.2 Å². The van der Waals surface area contributed by atoms with Crippen molar-refractivity contribution in [3.63, 3.8) is 0 Å². The lowest BCUT2D eigenvalue weighted by Gasteiger charge is -2.31. The predicted molar refractivity (Wildman–Crippen MR) is 123 cm³/mol. The first kappa shape index (κ1) is 23.7. The molecule has 1 aromatic heterocycles. The monoisotopic (exact) mass is 508 g/mol. The zero-order valence-corrected chi connectivity index (χ0v) is 20.3. The van der Waals surface area contributed by atoms with Crippen molar-refractivity contribution < 1.29 is 13.2 Å². The smallest absolute Gasteiger partial charge is 0.230 e. The van der Waals surface area contributed by atoms with Gasteiger partial charge in [0.05, 0.1) is 11.7 Å². The molecule has 0 saturated carbocycles. The third-order valence-corrected chi connectivity index (χ3v) is 9.13. The summed E-state index contributed by atoms with van der Waals surface area (Å²) in [6, 6.07) is 4.75. The number of sulfonamides is 1. The molecule has 1 aliphatic heterocycles. The number of piperidine rings is 1. The number of aromatic nitrogens is 2. The Bertz CT molecular complexity index is 1000. The molecule has 30 heavy (non-hydrogen) atoms. The van der Waals surface area contributed by atoms with Crippen LogP contribution in [0.3, 0.4) is 0 Å². The number of nitrogens with zero attached hydrogens (tertiary/aromatic N) is 3. The molecular weight excluding hydrogens is 487 g/mol. The van der Waals surface area contributed by atoms with E-state index in [0.29, 0.717) is 40.1 Å². The highest BCUT2D eigenvalue weighted by atomic mass is 35.5. The molecule has 1 N–H and O–H groups in total. The van der Waals surface area contributed by atoms with Crippen LogP contribution >= 0.6 is 46.3 Å². The summed E-state index contributed by atoms with van der Waals surface area (Å²) in [7, 11) is -3.62. The van der Waals surface area contributed by atoms with Gasteiger partial charge in [-0.2, -0.15) is 0 Å². The van der Waals surface area contributed by atoms with Gasteiger partial charge in [-0.05, 0) is 37.0 Å². The van der Waals surface area contributed by atoms with Crippen LogP contribution in [0.1, 0.15) is 31.7 Å². The van der Waals surface area contributed by atoms with Crippen LogP contribution in [0.25, 0.3) is 0 Å². The molecule has 0 radical (unpaired) electrons. The standard InChI is InChI=1S/C18H22Cl2N4O3S3/c1-2-8-28-18-23-22-17(29-18)21-16(25)12-4-3-7-24(10-12)30(26,27)11-13-5-6-14(19)9-15(13)20/h5-6,9,12H,2-4,7-8,10-11H2,1H3,(H,21,22,25). The van der Waals surface area contributed by atoms with Crippen LogP contribution in [-0.4, -0.2) is 47.7 Å². The van der Waals surface area contributed by atoms with Crippen molar-refractivity contribution in [1.82, 2.24) is 14.5 Å². The van der Waals surface area contributed by atoms with Crippen LogP contribution in [0, 0.1) is 5.92 Å². The van der Waals surface area contributed by atoms with Crippen LogP contribution in [0.4, 0.5) is 5.13 Å². The number of nitrogens with one attached hydrogen (secondary N) is 1. The lowest BCUT2D eigenvalue weighted by molar-refractivity contribution is -0.120. The second kappa shape index (κ2) is 10.6. The van der Waals surface area contributed by atoms with Crippen LogP contribution in [0.5, 0.6) is 0 Å². The van der Waals surface area contributed by atoms with E-state index in [1.807, 2.05) is 0 Å². The first-order chi connectivity index (χ1) is 14.3. The summed E-state index contributed by atoms with van der Waals surface area (Å²) in [6.45, 7) is 2.60. The summed E-state index contributed by atoms with van der Waals surface area (Å²) in [6.07, 6.45) is 2.26. The Kier molecular flexibility index (Phi) is 8.39. The van der Waals surface area contributed by atoms with E-state index < -0.39 is 15.9 Å². The van der Waals surface area contributed by atoms with E-state index in [1.54, 1.807) is 23.9 Å². The maximum Gasteiger partial charge on any atom is 0.230 e. The molecule has 7 nitrogen and oxygen atoms in total. The summed E-state index contributed by atoms with van der Waals surface area (Å²) in [5, 5.41) is 12.0. The van der Waals surface area contributed by atoms with E-state index >= 15 is 0 Å². The first-order valence-electron chi connectivity index (χ1n) is 9.47. The lowest BCUT2D eigenvalue weighted by Crippen LogP contribution is -2.44. The number of hydrogen-bond donors (Lipinski definition) is 1. The molecule has 1 fully saturated rings. The SMILES string of the molecule is CCCSc1nnc(NC(=O)C2CCCN(S(=O)(=O)Cc3ccc(Cl)cc3Cl)C2)s1. The van der Waals surface area contributed by atoms with Crippen LogP contribution in [0.15, 0.2) is 22.5 Å². The van der Waals surface area contributed by atoms with Crippen molar-refractivity contribution in [3.8, 4) is 0 Å². The van der Waals surface area contributed by atoms with Gasteiger partial charge >= 0.3 is 0 Å². The van der Waals surface area contributed by atoms with Gasteiger partial charge in [-0.25, -0.2) is 12.7 Å². The van der Waals surface area contributed by atoms with Crippen molar-refractivity contribution in [1.29, 1.82) is 0 Å². The van der Waals surface area contributed by atoms with Gasteiger partial charge in [-0.1, -0.05) is 59.3 Å². The molecule has 1 aliphatic rings. The van der Waals surface area contributed by atoms with E-state index in [2.05, 4.69) is 22.4 Å². The third kappa shape index (κ3) is 6.30. The molecule has 2 aromatic rings. The van der Waals surface area contributed by atoms with Crippen LogP contribution in [0.2, 0.25) is 10.0 Å². The average Bonchev–Trinajstić information content (AvgIpc) is 3.16. The van der Waals surface area contributed by atoms with Gasteiger partial charge in [0, 0.05) is 28.9 Å². The number of halogens is 2. The van der Waals surface area contributed by atoms with E-state index in [9.17, 15) is 13.2 Å². The van der Waals surface area contributed by atoms with Crippen molar-refractivity contribution in [2.45, 2.75) is 36.3 Å². The Morgan fingerprint density at radius 2 is 2.17 bits per heavy atom. The fourth-order valence-corrected chi connectivity index (χ4v) is 6.93. The topological polar surface area (TPSA) is 92.3 Å². The lowest BCUT2D eigenvalue weighted by atomic mass is 9.99. The zero-order valence-electron chi connectivity index (χ0n) is 16.3. The van der Waals surface area contributed by atoms with E-state index in [0.717, 1.165) is 16.5 Å². The molecule has 2 heterocycles. The number of anilines is 1. The van der Waals surface area contributed by atoms with E-state index in [-0.39, 0.29) is 18.2 Å². The minimum absolute atomic E-state index is 0.135. The van der Waals surface area contributed by atoms with Gasteiger partial charge in [0.25, 0.3) is 0 Å². The molecule has 1 aromatic carbocycles. The number of thioether (sulfide) groups is 1. The highest BCUT2D eigenvalue weighted by Gasteiger charge is 2.33. The molecule has 1 atom stereocenters. The summed E-state index contributed by atoms with van der Waals surface area (Å²) in [5.41, 5.74) is 0.485. The quantitative estimate of drug-likeness (QED) is 0.415. The van der Waals surface area contributed by atoms with Gasteiger partial charge in [0.1, 0.15) is 0 Å². The number of benzene rings is 1. The Balaban J connectivity index is 1.62. The molecular formula is C18H22Cl2N4O3S3. The Morgan fingerprint density at radius 1 is 1.37 bits per heavy atom. The zero-order chi connectivity index (χ0) is 21.7. The third-order valence-electron chi connectivity index (χ3n) is 4.57. The second-order valence-corrected chi connectivity index (χ2v) is 12.0. The number of amides is 1. The van der Waals surface area contributed by atoms with Crippen molar-refractivity contribution in [3.05, 3.63) is 33.8 Å². The predicted octanol–water partition coefficient (Wildman–Crippen LogP) is 4.53. The fraction of sp³-hybridized carbons (Fsp3) is 0.500. The first-order valence-corrected chi connectivity index (χ1v) is 13.6. The molecule has 0 aliphatic carbocycles. The minimum Gasteiger partial charge on any atom is -0.300 e. The van der Waals surface area contributed by atoms with E-state index in [4.69, 9.17) is 23.2 Å². The molecule has 1 unspecified atom stereocenters. The highest BCUT2D eigenvalue weighted by Crippen LogP contribution is 2.29. The largest absolute Gasteiger partial charge is 0.300 e. The van der Waals surface area contributed by atoms with Gasteiger partial charge in [-0.3, -0.25) is 4.79 Å². The van der Waals surface area contributed by atoms with Gasteiger partial charge in [0.2, 0.25) is 21.1 Å². The van der Waals surface area contributed by atoms with Crippen LogP contribution in [-0.2, 0) is 20.6 Å². The van der Waals surface area contributed by atoms with Gasteiger partial charge in [0.15, 0.2) is 4.34 Å². The maximum atomic E-state index is 12.9. The van der Waals surface area contributed by atoms with Gasteiger partial charge in [-0.15, -0.1) is 10.2 Å². The van der Waals surface area contributed by atoms with E-state index in [1.165, 1.54) is 21.7 Å². The maximum absolute atomic E-state index is 12.9. The molecule has 1 amide bonds. The number of hydrogen-bond acceptors (Lipinski definition) is 7. The normalized spacial score (nSPS) is 17.8. The Hall–Kier alpha value is -0.910. The summed E-state index contributed by atoms with van der Waals surface area (Å²) in [5.74, 6) is 0.0361. The highest BCUT2D eigenvalue weighted by molar-refractivity contribution is 8.01. The molecule has 3 rings (SSSR count). The number of carbonyl (C=O) groups is 1. The van der Waals surface area contributed by atoms with Crippen molar-refractivity contribution >= 4 is 67.4 Å². The van der Waals surface area contributed by atoms with Crippen molar-refractivity contribution in [2.24, 2.45) is 5.92 Å². The summed E-state index contributed by atoms with van der Waals surface area (Å²) < 4.78 is 28.0. The van der Waals surface area contributed by atoms with Crippen LogP contribution < -0.4 is 5.32 Å². The molecule has 164 valence electrons. The Morgan fingerprint density at radius 3 is 2.90 bits per heavy atom. The fourth-order valence-electron chi connectivity index (χ4n) is 3.05. The van der Waals surface area contributed by atoms with Gasteiger partial charge < -0.3 is 5.32 Å². The molecule has 0 spiro atoms. The summed E-state index contributed by atoms with van der Waals surface area (Å²) in [4.78, 5) is 12.7. The minimum atomic E-state index is -3.62. The number of carbonyl (C=O) groups excluding carboxylic acids is 1. The Labute approximate surface area is 194 Å². The molecule has 0 bridgehead atoms. The summed E-state index contributed by atoms with van der Waals surface area (Å²) >= 11 is 14.9. The molecule has 1 saturated heterocycles. The number of rotatable bonds is 8. The second-order valence-electron chi connectivity index (χ2n) is 6.90. The molecule has 12 heteroatoms. The average molecular weight is 510 g/mol.